The predicted octanol–water partition coefficient (Wildman–Crippen LogP) is 0.602. The lowest BCUT2D eigenvalue weighted by atomic mass is 10.2. The van der Waals surface area contributed by atoms with Crippen molar-refractivity contribution in [3.8, 4) is 0 Å². The fraction of sp³-hybridized carbons (Fsp3) is 0.706. The second kappa shape index (κ2) is 14.5. The second-order valence-corrected chi connectivity index (χ2v) is 7.49. The second-order valence-electron chi connectivity index (χ2n) is 7.49. The molecule has 194 valence electrons. The fourth-order valence-corrected chi connectivity index (χ4v) is 3.09. The molecule has 3 unspecified atom stereocenters. The maximum absolute atomic E-state index is 13.2. The summed E-state index contributed by atoms with van der Waals surface area (Å²) in [5.41, 5.74) is 22.4. The highest BCUT2D eigenvalue weighted by Crippen LogP contribution is 2.01. The summed E-state index contributed by atoms with van der Waals surface area (Å²) in [6, 6.07) is 0. The molecule has 1 aromatic rings. The number of nitrogens with zero attached hydrogens (tertiary/aromatic N) is 12. The Balaban J connectivity index is 3.72. The Morgan fingerprint density at radius 2 is 1.06 bits per heavy atom. The highest BCUT2D eigenvalue weighted by atomic mass is 16.5. The molecule has 19 nitrogen and oxygen atoms in total. The van der Waals surface area contributed by atoms with Gasteiger partial charge in [-0.2, -0.15) is 0 Å². The summed E-state index contributed by atoms with van der Waals surface area (Å²) in [6.07, 6.45) is -2.45. The lowest BCUT2D eigenvalue weighted by Gasteiger charge is -2.21. The average molecular weight is 508 g/mol. The molecule has 19 heteroatoms. The first kappa shape index (κ1) is 29.3. The molecule has 0 aliphatic carbocycles. The van der Waals surface area contributed by atoms with Crippen LogP contribution < -0.4 is 17.1 Å². The highest BCUT2D eigenvalue weighted by molar-refractivity contribution is 5.66. The molecule has 36 heavy (non-hydrogen) atoms. The number of rotatable bonds is 14. The molecule has 0 saturated carbocycles. The minimum absolute atomic E-state index is 0.0680. The zero-order valence-electron chi connectivity index (χ0n) is 19.7. The quantitative estimate of drug-likeness (QED) is 0.149. The number of carbonyl (C=O) groups is 2. The maximum atomic E-state index is 13.2. The molecule has 0 saturated heterocycles. The van der Waals surface area contributed by atoms with E-state index in [2.05, 4.69) is 30.1 Å². The van der Waals surface area contributed by atoms with E-state index < -0.39 is 73.3 Å². The summed E-state index contributed by atoms with van der Waals surface area (Å²) in [4.78, 5) is 70.0. The van der Waals surface area contributed by atoms with Crippen molar-refractivity contribution >= 4 is 11.9 Å². The van der Waals surface area contributed by atoms with Crippen LogP contribution in [0.4, 0.5) is 0 Å². The lowest BCUT2D eigenvalue weighted by molar-refractivity contribution is -0.147. The lowest BCUT2D eigenvalue weighted by Crippen LogP contribution is -2.57. The predicted molar refractivity (Wildman–Crippen MR) is 122 cm³/mol. The van der Waals surface area contributed by atoms with Crippen LogP contribution in [0.25, 0.3) is 31.3 Å². The molecule has 3 atom stereocenters. The van der Waals surface area contributed by atoms with E-state index >= 15 is 0 Å². The molecule has 0 fully saturated rings. The first-order chi connectivity index (χ1) is 17.0. The van der Waals surface area contributed by atoms with E-state index in [1.54, 1.807) is 6.92 Å². The monoisotopic (exact) mass is 508 g/mol. The Morgan fingerprint density at radius 3 is 1.39 bits per heavy atom. The molecule has 0 amide bonds. The molecule has 1 rings (SSSR count). The summed E-state index contributed by atoms with van der Waals surface area (Å²) < 4.78 is 11.9. The Kier molecular flexibility index (Phi) is 11.8. The van der Waals surface area contributed by atoms with Gasteiger partial charge >= 0.3 is 29.0 Å². The Bertz CT molecular complexity index is 1190. The van der Waals surface area contributed by atoms with Crippen LogP contribution in [0, 0.1) is 5.92 Å². The summed E-state index contributed by atoms with van der Waals surface area (Å²) in [5, 5.41) is 10.00. The number of hydrogen-bond donors (Lipinski definition) is 0. The van der Waals surface area contributed by atoms with E-state index in [1.165, 1.54) is 0 Å². The van der Waals surface area contributed by atoms with Crippen molar-refractivity contribution in [3.05, 3.63) is 62.8 Å². The van der Waals surface area contributed by atoms with Gasteiger partial charge in [-0.15, -0.1) is 0 Å². The van der Waals surface area contributed by atoms with Crippen molar-refractivity contribution < 1.29 is 19.1 Å². The number of ether oxygens (including phenoxy) is 2. The average Bonchev–Trinajstić information content (AvgIpc) is 2.81. The standard InChI is InChI=1S/C17H24N12O7/c1-10(4-21-24-18)7-27-15(32)28(8-13(5-22-25-19)35-11(2)30)17(34)29(16(27)33)9-14(6-23-26-20)36-12(3)31/h10,13-14H,4-9H2,1-3H3. The highest BCUT2D eigenvalue weighted by Gasteiger charge is 2.23. The minimum atomic E-state index is -1.23. The Morgan fingerprint density at radius 1 is 0.722 bits per heavy atom. The summed E-state index contributed by atoms with van der Waals surface area (Å²) >= 11 is 0. The van der Waals surface area contributed by atoms with E-state index in [1.807, 2.05) is 0 Å². The van der Waals surface area contributed by atoms with Gasteiger partial charge in [0.15, 0.2) is 0 Å². The molecular formula is C17H24N12O7. The van der Waals surface area contributed by atoms with Gasteiger partial charge in [0, 0.05) is 41.7 Å². The third-order valence-corrected chi connectivity index (χ3v) is 4.47. The van der Waals surface area contributed by atoms with Crippen molar-refractivity contribution in [2.75, 3.05) is 19.6 Å². The van der Waals surface area contributed by atoms with E-state index in [0.717, 1.165) is 13.8 Å². The van der Waals surface area contributed by atoms with Gasteiger partial charge in [0.25, 0.3) is 0 Å². The number of esters is 2. The van der Waals surface area contributed by atoms with E-state index in [-0.39, 0.29) is 13.1 Å². The molecular weight excluding hydrogens is 484 g/mol. The Hall–Kier alpha value is -4.72. The van der Waals surface area contributed by atoms with Crippen LogP contribution in [0.3, 0.4) is 0 Å². The van der Waals surface area contributed by atoms with Gasteiger partial charge in [-0.25, -0.2) is 28.1 Å². The van der Waals surface area contributed by atoms with Gasteiger partial charge in [0.1, 0.15) is 12.2 Å². The van der Waals surface area contributed by atoms with Gasteiger partial charge in [-0.05, 0) is 22.5 Å². The van der Waals surface area contributed by atoms with Crippen LogP contribution >= 0.6 is 0 Å². The van der Waals surface area contributed by atoms with Crippen molar-refractivity contribution in [3.63, 3.8) is 0 Å². The molecule has 0 radical (unpaired) electrons. The largest absolute Gasteiger partial charge is 0.461 e. The molecule has 1 aromatic heterocycles. The van der Waals surface area contributed by atoms with Gasteiger partial charge in [0.2, 0.25) is 0 Å². The van der Waals surface area contributed by atoms with Crippen LogP contribution in [0.15, 0.2) is 29.7 Å². The smallest absolute Gasteiger partial charge is 0.336 e. The molecule has 0 aliphatic rings. The summed E-state index contributed by atoms with van der Waals surface area (Å²) in [6.45, 7) is 1.42. The molecule has 0 N–H and O–H groups in total. The van der Waals surface area contributed by atoms with Crippen LogP contribution in [0.2, 0.25) is 0 Å². The molecule has 1 heterocycles. The van der Waals surface area contributed by atoms with Crippen molar-refractivity contribution in [2.24, 2.45) is 21.3 Å². The van der Waals surface area contributed by atoms with Crippen LogP contribution in [-0.4, -0.2) is 57.5 Å². The van der Waals surface area contributed by atoms with Gasteiger partial charge in [-0.3, -0.25) is 9.59 Å². The van der Waals surface area contributed by atoms with Crippen LogP contribution in [-0.2, 0) is 38.7 Å². The van der Waals surface area contributed by atoms with Crippen molar-refractivity contribution in [1.82, 2.24) is 13.7 Å². The van der Waals surface area contributed by atoms with Crippen molar-refractivity contribution in [1.29, 1.82) is 0 Å². The van der Waals surface area contributed by atoms with Gasteiger partial charge in [-0.1, -0.05) is 22.3 Å². The number of carbonyl (C=O) groups excluding carboxylic acids is 2. The van der Waals surface area contributed by atoms with Crippen LogP contribution in [0.5, 0.6) is 0 Å². The van der Waals surface area contributed by atoms with E-state index in [9.17, 15) is 24.0 Å². The number of hydrogen-bond acceptors (Lipinski definition) is 10. The third-order valence-electron chi connectivity index (χ3n) is 4.47. The van der Waals surface area contributed by atoms with E-state index in [4.69, 9.17) is 26.1 Å². The van der Waals surface area contributed by atoms with Crippen molar-refractivity contribution in [2.45, 2.75) is 52.6 Å². The first-order valence-corrected chi connectivity index (χ1v) is 10.4. The fourth-order valence-electron chi connectivity index (χ4n) is 3.09. The molecule has 0 aromatic carbocycles. The molecule has 0 bridgehead atoms. The Labute approximate surface area is 201 Å². The van der Waals surface area contributed by atoms with Gasteiger partial charge in [0.05, 0.1) is 26.2 Å². The first-order valence-electron chi connectivity index (χ1n) is 10.4. The maximum Gasteiger partial charge on any atom is 0.336 e. The van der Waals surface area contributed by atoms with Gasteiger partial charge < -0.3 is 9.47 Å². The summed E-state index contributed by atoms with van der Waals surface area (Å²) in [7, 11) is 0. The zero-order chi connectivity index (χ0) is 27.3. The normalized spacial score (nSPS) is 12.6. The summed E-state index contributed by atoms with van der Waals surface area (Å²) in [5.74, 6) is -2.06. The molecule has 0 spiro atoms. The SMILES string of the molecule is CC(=O)OC(CN=[N+]=[N-])Cn1c(=O)n(CC(C)CN=[N+]=[N-])c(=O)n(CC(CN=[N+]=[N-])OC(C)=O)c1=O. The number of aromatic nitrogens is 3. The molecule has 0 aliphatic heterocycles. The topological polar surface area (TPSA) is 265 Å². The third kappa shape index (κ3) is 8.90. The van der Waals surface area contributed by atoms with E-state index in [0.29, 0.717) is 13.7 Å². The zero-order valence-corrected chi connectivity index (χ0v) is 19.7. The van der Waals surface area contributed by atoms with Crippen LogP contribution in [0.1, 0.15) is 20.8 Å². The minimum Gasteiger partial charge on any atom is -0.461 e. The number of azide groups is 3.